The van der Waals surface area contributed by atoms with Gasteiger partial charge in [0.05, 0.1) is 6.61 Å². The lowest BCUT2D eigenvalue weighted by Crippen LogP contribution is -2.34. The molecule has 1 aliphatic heterocycles. The number of esters is 1. The van der Waals surface area contributed by atoms with Crippen LogP contribution in [0.15, 0.2) is 30.3 Å². The van der Waals surface area contributed by atoms with Gasteiger partial charge in [0.25, 0.3) is 0 Å². The zero-order valence-corrected chi connectivity index (χ0v) is 10.5. The largest absolute Gasteiger partial charge is 0.464 e. The summed E-state index contributed by atoms with van der Waals surface area (Å²) < 4.78 is 5.33. The number of hydrogen-bond acceptors (Lipinski definition) is 3. The number of nitrogens with one attached hydrogen (secondary N) is 1. The van der Waals surface area contributed by atoms with Gasteiger partial charge >= 0.3 is 5.97 Å². The molecule has 1 aliphatic carbocycles. The first-order valence-corrected chi connectivity index (χ1v) is 6.80. The Morgan fingerprint density at radius 3 is 2.67 bits per heavy atom. The normalized spacial score (nSPS) is 27.1. The average molecular weight is 245 g/mol. The van der Waals surface area contributed by atoms with Crippen molar-refractivity contribution in [1.82, 2.24) is 5.32 Å². The summed E-state index contributed by atoms with van der Waals surface area (Å²) in [5.74, 6) is 0.570. The third-order valence-corrected chi connectivity index (χ3v) is 3.79. The zero-order chi connectivity index (χ0) is 12.4. The van der Waals surface area contributed by atoms with Crippen LogP contribution < -0.4 is 5.32 Å². The minimum absolute atomic E-state index is 0.0691. The maximum absolute atomic E-state index is 11.9. The van der Waals surface area contributed by atoms with Gasteiger partial charge in [0, 0.05) is 6.04 Å². The van der Waals surface area contributed by atoms with Crippen molar-refractivity contribution in [3.05, 3.63) is 35.9 Å². The number of carbonyl (C=O) groups excluding carboxylic acids is 1. The fourth-order valence-corrected chi connectivity index (χ4v) is 2.46. The first-order valence-electron chi connectivity index (χ1n) is 6.80. The van der Waals surface area contributed by atoms with Crippen molar-refractivity contribution in [3.63, 3.8) is 0 Å². The molecule has 3 rings (SSSR count). The molecule has 0 radical (unpaired) electrons. The van der Waals surface area contributed by atoms with Crippen molar-refractivity contribution < 1.29 is 9.53 Å². The molecule has 0 spiro atoms. The average Bonchev–Trinajstić information content (AvgIpc) is 3.11. The van der Waals surface area contributed by atoms with Gasteiger partial charge in [-0.1, -0.05) is 30.3 Å². The summed E-state index contributed by atoms with van der Waals surface area (Å²) in [6, 6.07) is 10.5. The number of ether oxygens (including phenoxy) is 1. The van der Waals surface area contributed by atoms with Gasteiger partial charge in [-0.05, 0) is 37.2 Å². The van der Waals surface area contributed by atoms with E-state index in [4.69, 9.17) is 4.74 Å². The summed E-state index contributed by atoms with van der Waals surface area (Å²) in [5.41, 5.74) is 1.26. The molecule has 2 atom stereocenters. The molecule has 2 aliphatic rings. The first kappa shape index (κ1) is 11.7. The molecule has 2 fully saturated rings. The second-order valence-electron chi connectivity index (χ2n) is 5.33. The quantitative estimate of drug-likeness (QED) is 0.828. The van der Waals surface area contributed by atoms with Gasteiger partial charge in [-0.15, -0.1) is 0 Å². The Morgan fingerprint density at radius 2 is 1.94 bits per heavy atom. The monoisotopic (exact) mass is 245 g/mol. The van der Waals surface area contributed by atoms with Crippen LogP contribution in [0.25, 0.3) is 0 Å². The molecule has 1 aromatic carbocycles. The maximum atomic E-state index is 11.9. The number of benzene rings is 1. The van der Waals surface area contributed by atoms with E-state index in [1.807, 2.05) is 18.2 Å². The lowest BCUT2D eigenvalue weighted by Gasteiger charge is -2.14. The van der Waals surface area contributed by atoms with E-state index in [1.165, 1.54) is 18.4 Å². The predicted molar refractivity (Wildman–Crippen MR) is 69.0 cm³/mol. The first-order chi connectivity index (χ1) is 8.83. The summed E-state index contributed by atoms with van der Waals surface area (Å²) >= 11 is 0. The Hall–Kier alpha value is -1.35. The topological polar surface area (TPSA) is 38.3 Å². The van der Waals surface area contributed by atoms with E-state index in [-0.39, 0.29) is 12.0 Å². The van der Waals surface area contributed by atoms with Crippen molar-refractivity contribution in [2.75, 3.05) is 6.61 Å². The lowest BCUT2D eigenvalue weighted by molar-refractivity contribution is -0.146. The third-order valence-electron chi connectivity index (χ3n) is 3.79. The van der Waals surface area contributed by atoms with Crippen LogP contribution in [0.4, 0.5) is 0 Å². The van der Waals surface area contributed by atoms with Gasteiger partial charge in [-0.3, -0.25) is 10.1 Å². The smallest absolute Gasteiger partial charge is 0.323 e. The van der Waals surface area contributed by atoms with Crippen LogP contribution in [0.2, 0.25) is 0 Å². The standard InChI is InChI=1S/C15H19NO2/c17-15(18-10-11-6-7-11)14-9-8-13(16-14)12-4-2-1-3-5-12/h1-5,11,13-14,16H,6-10H2. The van der Waals surface area contributed by atoms with E-state index in [1.54, 1.807) is 0 Å². The molecular weight excluding hydrogens is 226 g/mol. The Kier molecular flexibility index (Phi) is 3.33. The lowest BCUT2D eigenvalue weighted by atomic mass is 10.1. The van der Waals surface area contributed by atoms with Crippen LogP contribution in [0.3, 0.4) is 0 Å². The molecule has 18 heavy (non-hydrogen) atoms. The van der Waals surface area contributed by atoms with E-state index in [2.05, 4.69) is 17.4 Å². The highest BCUT2D eigenvalue weighted by atomic mass is 16.5. The molecule has 0 aromatic heterocycles. The van der Waals surface area contributed by atoms with Gasteiger partial charge < -0.3 is 4.74 Å². The van der Waals surface area contributed by atoms with Crippen LogP contribution in [0.5, 0.6) is 0 Å². The van der Waals surface area contributed by atoms with E-state index >= 15 is 0 Å². The summed E-state index contributed by atoms with van der Waals surface area (Å²) in [5, 5.41) is 3.38. The molecule has 1 saturated carbocycles. The van der Waals surface area contributed by atoms with Crippen LogP contribution in [-0.4, -0.2) is 18.6 Å². The van der Waals surface area contributed by atoms with Gasteiger partial charge in [0.1, 0.15) is 6.04 Å². The van der Waals surface area contributed by atoms with E-state index in [0.29, 0.717) is 18.6 Å². The molecular formula is C15H19NO2. The zero-order valence-electron chi connectivity index (χ0n) is 10.5. The fourth-order valence-electron chi connectivity index (χ4n) is 2.46. The SMILES string of the molecule is O=C(OCC1CC1)C1CCC(c2ccccc2)N1. The third kappa shape index (κ3) is 2.72. The van der Waals surface area contributed by atoms with Crippen LogP contribution in [0.1, 0.15) is 37.3 Å². The highest BCUT2D eigenvalue weighted by Crippen LogP contribution is 2.30. The molecule has 1 N–H and O–H groups in total. The summed E-state index contributed by atoms with van der Waals surface area (Å²) in [6.07, 6.45) is 4.33. The second-order valence-corrected chi connectivity index (χ2v) is 5.33. The van der Waals surface area contributed by atoms with Gasteiger partial charge in [0.2, 0.25) is 0 Å². The molecule has 2 unspecified atom stereocenters. The van der Waals surface area contributed by atoms with Gasteiger partial charge in [-0.25, -0.2) is 0 Å². The maximum Gasteiger partial charge on any atom is 0.323 e. The fraction of sp³-hybridized carbons (Fsp3) is 0.533. The minimum Gasteiger partial charge on any atom is -0.464 e. The molecule has 1 saturated heterocycles. The molecule has 0 amide bonds. The number of carbonyl (C=O) groups is 1. The minimum atomic E-state index is -0.117. The Bertz CT molecular complexity index is 414. The van der Waals surface area contributed by atoms with Gasteiger partial charge in [0.15, 0.2) is 0 Å². The molecule has 1 heterocycles. The number of rotatable bonds is 4. The van der Waals surface area contributed by atoms with Crippen LogP contribution >= 0.6 is 0 Å². The Balaban J connectivity index is 1.52. The summed E-state index contributed by atoms with van der Waals surface area (Å²) in [4.78, 5) is 11.9. The van der Waals surface area contributed by atoms with Crippen LogP contribution in [-0.2, 0) is 9.53 Å². The second kappa shape index (κ2) is 5.11. The molecule has 3 nitrogen and oxygen atoms in total. The summed E-state index contributed by atoms with van der Waals surface area (Å²) in [7, 11) is 0. The van der Waals surface area contributed by atoms with Crippen molar-refractivity contribution in [2.45, 2.75) is 37.8 Å². The Labute approximate surface area is 108 Å². The predicted octanol–water partition coefficient (Wildman–Crippen LogP) is 2.43. The number of hydrogen-bond donors (Lipinski definition) is 1. The van der Waals surface area contributed by atoms with E-state index < -0.39 is 0 Å². The van der Waals surface area contributed by atoms with Crippen molar-refractivity contribution in [3.8, 4) is 0 Å². The van der Waals surface area contributed by atoms with Crippen molar-refractivity contribution >= 4 is 5.97 Å². The summed E-state index contributed by atoms with van der Waals surface area (Å²) in [6.45, 7) is 0.618. The van der Waals surface area contributed by atoms with Crippen LogP contribution in [0, 0.1) is 5.92 Å². The van der Waals surface area contributed by atoms with E-state index in [9.17, 15) is 4.79 Å². The van der Waals surface area contributed by atoms with Gasteiger partial charge in [-0.2, -0.15) is 0 Å². The molecule has 1 aromatic rings. The molecule has 3 heteroatoms. The highest BCUT2D eigenvalue weighted by molar-refractivity contribution is 5.76. The van der Waals surface area contributed by atoms with Crippen molar-refractivity contribution in [2.24, 2.45) is 5.92 Å². The molecule has 0 bridgehead atoms. The van der Waals surface area contributed by atoms with Crippen molar-refractivity contribution in [1.29, 1.82) is 0 Å². The molecule has 96 valence electrons. The van der Waals surface area contributed by atoms with E-state index in [0.717, 1.165) is 12.8 Å². The Morgan fingerprint density at radius 1 is 1.17 bits per heavy atom. The highest BCUT2D eigenvalue weighted by Gasteiger charge is 2.32.